The first kappa shape index (κ1) is 19.3. The summed E-state index contributed by atoms with van der Waals surface area (Å²) in [5.74, 6) is 1.47. The number of carbonyl (C=O) groups excluding carboxylic acids is 1. The summed E-state index contributed by atoms with van der Waals surface area (Å²) in [6.45, 7) is 6.85. The fraction of sp³-hybridized carbons (Fsp3) is 0.611. The molecule has 0 saturated carbocycles. The van der Waals surface area contributed by atoms with Crippen LogP contribution >= 0.6 is 0 Å². The zero-order valence-corrected chi connectivity index (χ0v) is 14.4. The second-order valence-electron chi connectivity index (χ2n) is 5.80. The van der Waals surface area contributed by atoms with Gasteiger partial charge in [-0.2, -0.15) is 0 Å². The number of carbonyl (C=O) groups is 1. The van der Waals surface area contributed by atoms with Crippen molar-refractivity contribution < 1.29 is 19.4 Å². The second kappa shape index (κ2) is 10.9. The maximum atomic E-state index is 11.9. The fourth-order valence-electron chi connectivity index (χ4n) is 2.16. The molecule has 0 bridgehead atoms. The molecule has 0 aliphatic rings. The van der Waals surface area contributed by atoms with Crippen molar-refractivity contribution in [2.75, 3.05) is 19.8 Å². The number of rotatable bonds is 11. The van der Waals surface area contributed by atoms with E-state index in [1.54, 1.807) is 12.1 Å². The van der Waals surface area contributed by atoms with Crippen LogP contribution in [0.3, 0.4) is 0 Å². The Morgan fingerprint density at radius 2 is 1.78 bits per heavy atom. The molecule has 0 heterocycles. The summed E-state index contributed by atoms with van der Waals surface area (Å²) in [5.41, 5.74) is 0. The molecule has 0 spiro atoms. The van der Waals surface area contributed by atoms with Gasteiger partial charge in [0.05, 0.1) is 6.61 Å². The predicted octanol–water partition coefficient (Wildman–Crippen LogP) is 2.77. The van der Waals surface area contributed by atoms with Gasteiger partial charge in [0, 0.05) is 12.6 Å². The number of aliphatic hydroxyl groups is 1. The zero-order chi connectivity index (χ0) is 17.1. The molecule has 0 unspecified atom stereocenters. The summed E-state index contributed by atoms with van der Waals surface area (Å²) < 4.78 is 11.0. The van der Waals surface area contributed by atoms with E-state index in [0.717, 1.165) is 25.0 Å². The lowest BCUT2D eigenvalue weighted by molar-refractivity contribution is -0.124. The van der Waals surface area contributed by atoms with Gasteiger partial charge >= 0.3 is 0 Å². The quantitative estimate of drug-likeness (QED) is 0.657. The zero-order valence-electron chi connectivity index (χ0n) is 14.4. The topological polar surface area (TPSA) is 67.8 Å². The van der Waals surface area contributed by atoms with Gasteiger partial charge in [-0.15, -0.1) is 0 Å². The summed E-state index contributed by atoms with van der Waals surface area (Å²) in [5, 5.41) is 12.0. The van der Waals surface area contributed by atoms with Gasteiger partial charge in [-0.1, -0.05) is 20.8 Å². The first-order valence-electron chi connectivity index (χ1n) is 8.34. The van der Waals surface area contributed by atoms with Crippen LogP contribution in [0.1, 0.15) is 40.0 Å². The molecular weight excluding hydrogens is 294 g/mol. The van der Waals surface area contributed by atoms with Crippen LogP contribution in [0, 0.1) is 5.92 Å². The highest BCUT2D eigenvalue weighted by molar-refractivity contribution is 5.77. The molecule has 1 aromatic rings. The van der Waals surface area contributed by atoms with Crippen LogP contribution in [0.15, 0.2) is 24.3 Å². The molecule has 2 atom stereocenters. The van der Waals surface area contributed by atoms with E-state index in [1.165, 1.54) is 0 Å². The van der Waals surface area contributed by atoms with E-state index in [9.17, 15) is 4.79 Å². The first-order chi connectivity index (χ1) is 11.1. The van der Waals surface area contributed by atoms with Crippen LogP contribution in [0.5, 0.6) is 11.5 Å². The van der Waals surface area contributed by atoms with Crippen molar-refractivity contribution in [3.05, 3.63) is 24.3 Å². The van der Waals surface area contributed by atoms with Gasteiger partial charge in [0.2, 0.25) is 0 Å². The Morgan fingerprint density at radius 3 is 2.30 bits per heavy atom. The number of hydrogen-bond donors (Lipinski definition) is 2. The van der Waals surface area contributed by atoms with Gasteiger partial charge in [0.1, 0.15) is 11.5 Å². The highest BCUT2D eigenvalue weighted by atomic mass is 16.5. The molecule has 23 heavy (non-hydrogen) atoms. The molecule has 2 N–H and O–H groups in total. The monoisotopic (exact) mass is 323 g/mol. The predicted molar refractivity (Wildman–Crippen MR) is 90.8 cm³/mol. The summed E-state index contributed by atoms with van der Waals surface area (Å²) in [7, 11) is 0. The van der Waals surface area contributed by atoms with Crippen LogP contribution in [0.25, 0.3) is 0 Å². The van der Waals surface area contributed by atoms with E-state index < -0.39 is 0 Å². The summed E-state index contributed by atoms with van der Waals surface area (Å²) >= 11 is 0. The van der Waals surface area contributed by atoms with Gasteiger partial charge < -0.3 is 19.9 Å². The standard InChI is InChI=1S/C18H29NO4/c1-4-10-22-16-6-8-17(9-7-16)23-13-18(21)19-15(5-2)11-14(3)12-20/h6-9,14-15,20H,4-5,10-13H2,1-3H3,(H,19,21)/t14-,15-/m1/s1. The molecule has 5 heteroatoms. The SMILES string of the molecule is CCCOc1ccc(OCC(=O)N[C@H](CC)C[C@@H](C)CO)cc1. The van der Waals surface area contributed by atoms with Gasteiger partial charge in [-0.25, -0.2) is 0 Å². The van der Waals surface area contributed by atoms with Crippen LogP contribution < -0.4 is 14.8 Å². The molecule has 5 nitrogen and oxygen atoms in total. The van der Waals surface area contributed by atoms with Gasteiger partial charge in [-0.05, 0) is 49.4 Å². The van der Waals surface area contributed by atoms with Gasteiger partial charge in [0.25, 0.3) is 5.91 Å². The molecule has 0 radical (unpaired) electrons. The van der Waals surface area contributed by atoms with Crippen molar-refractivity contribution in [2.45, 2.75) is 46.1 Å². The van der Waals surface area contributed by atoms with Crippen molar-refractivity contribution in [3.63, 3.8) is 0 Å². The summed E-state index contributed by atoms with van der Waals surface area (Å²) in [6.07, 6.45) is 2.56. The van der Waals surface area contributed by atoms with Crippen molar-refractivity contribution in [3.8, 4) is 11.5 Å². The molecule has 1 aromatic carbocycles. The van der Waals surface area contributed by atoms with Crippen molar-refractivity contribution in [1.82, 2.24) is 5.32 Å². The molecular formula is C18H29NO4. The number of hydrogen-bond acceptors (Lipinski definition) is 4. The minimum atomic E-state index is -0.145. The highest BCUT2D eigenvalue weighted by Crippen LogP contribution is 2.17. The molecule has 0 fully saturated rings. The third-order valence-electron chi connectivity index (χ3n) is 3.52. The van der Waals surface area contributed by atoms with Crippen LogP contribution in [-0.4, -0.2) is 36.9 Å². The van der Waals surface area contributed by atoms with E-state index in [1.807, 2.05) is 26.0 Å². The van der Waals surface area contributed by atoms with Crippen LogP contribution in [0.4, 0.5) is 0 Å². The van der Waals surface area contributed by atoms with Crippen molar-refractivity contribution in [2.24, 2.45) is 5.92 Å². The van der Waals surface area contributed by atoms with E-state index in [-0.39, 0.29) is 31.1 Å². The first-order valence-corrected chi connectivity index (χ1v) is 8.34. The largest absolute Gasteiger partial charge is 0.494 e. The normalized spacial score (nSPS) is 13.2. The Balaban J connectivity index is 2.37. The fourth-order valence-corrected chi connectivity index (χ4v) is 2.16. The number of amides is 1. The Morgan fingerprint density at radius 1 is 1.17 bits per heavy atom. The third kappa shape index (κ3) is 7.88. The third-order valence-corrected chi connectivity index (χ3v) is 3.52. The Kier molecular flexibility index (Phi) is 9.14. The smallest absolute Gasteiger partial charge is 0.258 e. The lowest BCUT2D eigenvalue weighted by Gasteiger charge is -2.20. The highest BCUT2D eigenvalue weighted by Gasteiger charge is 2.14. The second-order valence-corrected chi connectivity index (χ2v) is 5.80. The van der Waals surface area contributed by atoms with E-state index in [2.05, 4.69) is 12.2 Å². The number of nitrogens with one attached hydrogen (secondary N) is 1. The Bertz CT molecular complexity index is 447. The van der Waals surface area contributed by atoms with E-state index in [4.69, 9.17) is 14.6 Å². The molecule has 0 aliphatic carbocycles. The lowest BCUT2D eigenvalue weighted by Crippen LogP contribution is -2.38. The maximum absolute atomic E-state index is 11.9. The van der Waals surface area contributed by atoms with Gasteiger partial charge in [-0.3, -0.25) is 4.79 Å². The minimum Gasteiger partial charge on any atom is -0.494 e. The molecule has 1 amide bonds. The molecule has 130 valence electrons. The number of ether oxygens (including phenoxy) is 2. The average Bonchev–Trinajstić information content (AvgIpc) is 2.58. The maximum Gasteiger partial charge on any atom is 0.258 e. The average molecular weight is 323 g/mol. The molecule has 1 rings (SSSR count). The Hall–Kier alpha value is -1.75. The van der Waals surface area contributed by atoms with Crippen molar-refractivity contribution >= 4 is 5.91 Å². The lowest BCUT2D eigenvalue weighted by atomic mass is 10.0. The van der Waals surface area contributed by atoms with E-state index >= 15 is 0 Å². The Labute approximate surface area is 139 Å². The molecule has 0 saturated heterocycles. The van der Waals surface area contributed by atoms with E-state index in [0.29, 0.717) is 12.4 Å². The minimum absolute atomic E-state index is 0.0147. The number of benzene rings is 1. The van der Waals surface area contributed by atoms with Gasteiger partial charge in [0.15, 0.2) is 6.61 Å². The molecule has 0 aromatic heterocycles. The number of aliphatic hydroxyl groups excluding tert-OH is 1. The summed E-state index contributed by atoms with van der Waals surface area (Å²) in [6, 6.07) is 7.33. The molecule has 0 aliphatic heterocycles. The van der Waals surface area contributed by atoms with Crippen LogP contribution in [0.2, 0.25) is 0 Å². The van der Waals surface area contributed by atoms with Crippen LogP contribution in [-0.2, 0) is 4.79 Å². The summed E-state index contributed by atoms with van der Waals surface area (Å²) in [4.78, 5) is 11.9. The van der Waals surface area contributed by atoms with Crippen molar-refractivity contribution in [1.29, 1.82) is 0 Å².